The number of carboxylic acid groups (broad SMARTS) is 1. The van der Waals surface area contributed by atoms with E-state index in [1.807, 2.05) is 20.8 Å². The number of aromatic carboxylic acids is 1. The molecule has 0 aliphatic rings. The predicted molar refractivity (Wildman–Crippen MR) is 63.2 cm³/mol. The summed E-state index contributed by atoms with van der Waals surface area (Å²) >= 11 is 0. The Morgan fingerprint density at radius 1 is 1.47 bits per heavy atom. The Morgan fingerprint density at radius 3 is 2.47 bits per heavy atom. The van der Waals surface area contributed by atoms with Gasteiger partial charge in [-0.25, -0.2) is 4.79 Å². The predicted octanol–water partition coefficient (Wildman–Crippen LogP) is 1.13. The van der Waals surface area contributed by atoms with Crippen LogP contribution in [0.5, 0.6) is 0 Å². The normalized spacial score (nSPS) is 13.4. The number of rotatable bonds is 3. The Balaban J connectivity index is 3.28. The molecular weight excluding hydrogens is 222 g/mol. The van der Waals surface area contributed by atoms with Crippen molar-refractivity contribution in [3.63, 3.8) is 0 Å². The van der Waals surface area contributed by atoms with E-state index in [0.29, 0.717) is 0 Å². The van der Waals surface area contributed by atoms with Crippen LogP contribution in [-0.2, 0) is 0 Å². The van der Waals surface area contributed by atoms with Crippen LogP contribution in [-0.4, -0.2) is 27.4 Å². The molecule has 1 atom stereocenters. The average molecular weight is 239 g/mol. The molecule has 5 heteroatoms. The van der Waals surface area contributed by atoms with Gasteiger partial charge < -0.3 is 14.8 Å². The van der Waals surface area contributed by atoms with Crippen LogP contribution in [0.2, 0.25) is 0 Å². The number of carbonyl (C=O) groups is 1. The summed E-state index contributed by atoms with van der Waals surface area (Å²) in [6.45, 7) is 5.69. The van der Waals surface area contributed by atoms with Crippen LogP contribution < -0.4 is 5.43 Å². The van der Waals surface area contributed by atoms with Crippen LogP contribution >= 0.6 is 0 Å². The molecule has 1 rings (SSSR count). The van der Waals surface area contributed by atoms with Gasteiger partial charge in [0.2, 0.25) is 0 Å². The van der Waals surface area contributed by atoms with Gasteiger partial charge >= 0.3 is 5.97 Å². The van der Waals surface area contributed by atoms with Crippen LogP contribution in [0.25, 0.3) is 0 Å². The van der Waals surface area contributed by atoms with Crippen LogP contribution in [0.4, 0.5) is 0 Å². The monoisotopic (exact) mass is 239 g/mol. The molecule has 0 saturated heterocycles. The minimum atomic E-state index is -1.25. The van der Waals surface area contributed by atoms with Crippen molar-refractivity contribution in [2.75, 3.05) is 6.61 Å². The maximum absolute atomic E-state index is 11.3. The van der Waals surface area contributed by atoms with Crippen molar-refractivity contribution in [3.05, 3.63) is 34.2 Å². The van der Waals surface area contributed by atoms with Crippen LogP contribution in [0.1, 0.15) is 37.2 Å². The number of hydrogen-bond donors (Lipinski definition) is 2. The number of aliphatic hydroxyl groups excluding tert-OH is 1. The highest BCUT2D eigenvalue weighted by Gasteiger charge is 2.25. The van der Waals surface area contributed by atoms with Crippen LogP contribution in [0.3, 0.4) is 0 Å². The van der Waals surface area contributed by atoms with Crippen molar-refractivity contribution < 1.29 is 15.0 Å². The SMILES string of the molecule is CC(C)(C)C(CO)n1ccc(=O)c(C(=O)O)c1. The lowest BCUT2D eigenvalue weighted by Gasteiger charge is -2.31. The number of carboxylic acids is 1. The molecule has 0 radical (unpaired) electrons. The van der Waals surface area contributed by atoms with E-state index in [9.17, 15) is 14.7 Å². The second-order valence-corrected chi connectivity index (χ2v) is 5.04. The summed E-state index contributed by atoms with van der Waals surface area (Å²) in [5, 5.41) is 18.2. The zero-order valence-electron chi connectivity index (χ0n) is 10.2. The second-order valence-electron chi connectivity index (χ2n) is 5.04. The Kier molecular flexibility index (Phi) is 3.72. The highest BCUT2D eigenvalue weighted by molar-refractivity contribution is 5.86. The molecule has 0 bridgehead atoms. The first-order chi connectivity index (χ1) is 7.77. The van der Waals surface area contributed by atoms with Crippen molar-refractivity contribution in [1.29, 1.82) is 0 Å². The van der Waals surface area contributed by atoms with E-state index in [1.54, 1.807) is 4.57 Å². The van der Waals surface area contributed by atoms with Gasteiger partial charge in [0.1, 0.15) is 5.56 Å². The Labute approximate surface area is 99.3 Å². The minimum absolute atomic E-state index is 0.120. The molecule has 17 heavy (non-hydrogen) atoms. The molecule has 1 aromatic rings. The maximum Gasteiger partial charge on any atom is 0.341 e. The van der Waals surface area contributed by atoms with Gasteiger partial charge in [-0.3, -0.25) is 4.79 Å². The second kappa shape index (κ2) is 4.71. The zero-order valence-corrected chi connectivity index (χ0v) is 10.2. The smallest absolute Gasteiger partial charge is 0.341 e. The lowest BCUT2D eigenvalue weighted by molar-refractivity contribution is 0.0692. The third-order valence-corrected chi connectivity index (χ3v) is 2.70. The van der Waals surface area contributed by atoms with E-state index in [1.165, 1.54) is 18.5 Å². The van der Waals surface area contributed by atoms with Gasteiger partial charge in [-0.05, 0) is 5.41 Å². The van der Waals surface area contributed by atoms with E-state index >= 15 is 0 Å². The first-order valence-corrected chi connectivity index (χ1v) is 5.33. The molecule has 1 heterocycles. The Morgan fingerprint density at radius 2 is 2.06 bits per heavy atom. The van der Waals surface area contributed by atoms with E-state index in [2.05, 4.69) is 0 Å². The summed E-state index contributed by atoms with van der Waals surface area (Å²) in [6, 6.07) is 0.930. The number of pyridine rings is 1. The van der Waals surface area contributed by atoms with Gasteiger partial charge in [0.15, 0.2) is 5.43 Å². The van der Waals surface area contributed by atoms with E-state index in [4.69, 9.17) is 5.11 Å². The molecule has 0 saturated carbocycles. The summed E-state index contributed by atoms with van der Waals surface area (Å²) in [5.41, 5.74) is -1.05. The average Bonchev–Trinajstić information content (AvgIpc) is 2.19. The fourth-order valence-electron chi connectivity index (χ4n) is 1.67. The third-order valence-electron chi connectivity index (χ3n) is 2.70. The molecule has 0 fully saturated rings. The lowest BCUT2D eigenvalue weighted by Crippen LogP contribution is -2.29. The van der Waals surface area contributed by atoms with Crippen molar-refractivity contribution in [1.82, 2.24) is 4.57 Å². The molecule has 5 nitrogen and oxygen atoms in total. The summed E-state index contributed by atoms with van der Waals surface area (Å²) < 4.78 is 1.57. The number of hydrogen-bond acceptors (Lipinski definition) is 3. The summed E-state index contributed by atoms with van der Waals surface area (Å²) in [4.78, 5) is 22.2. The molecule has 1 aromatic heterocycles. The number of aliphatic hydroxyl groups is 1. The summed E-state index contributed by atoms with van der Waals surface area (Å²) in [5.74, 6) is -1.25. The zero-order chi connectivity index (χ0) is 13.2. The maximum atomic E-state index is 11.3. The van der Waals surface area contributed by atoms with E-state index in [-0.39, 0.29) is 23.6 Å². The molecule has 0 amide bonds. The van der Waals surface area contributed by atoms with Crippen LogP contribution in [0.15, 0.2) is 23.3 Å². The molecule has 0 aromatic carbocycles. The molecular formula is C12H17NO4. The van der Waals surface area contributed by atoms with Gasteiger partial charge in [0.25, 0.3) is 0 Å². The van der Waals surface area contributed by atoms with Crippen LogP contribution in [0, 0.1) is 5.41 Å². The minimum Gasteiger partial charge on any atom is -0.477 e. The van der Waals surface area contributed by atoms with Gasteiger partial charge in [0.05, 0.1) is 12.6 Å². The lowest BCUT2D eigenvalue weighted by atomic mass is 9.87. The first kappa shape index (κ1) is 13.4. The van der Waals surface area contributed by atoms with Crippen molar-refractivity contribution in [3.8, 4) is 0 Å². The van der Waals surface area contributed by atoms with Crippen molar-refractivity contribution >= 4 is 5.97 Å². The Hall–Kier alpha value is -1.62. The topological polar surface area (TPSA) is 79.5 Å². The van der Waals surface area contributed by atoms with Gasteiger partial charge in [-0.1, -0.05) is 20.8 Å². The van der Waals surface area contributed by atoms with E-state index < -0.39 is 11.4 Å². The number of aromatic nitrogens is 1. The van der Waals surface area contributed by atoms with Gasteiger partial charge in [-0.2, -0.15) is 0 Å². The number of nitrogens with zero attached hydrogens (tertiary/aromatic N) is 1. The third kappa shape index (κ3) is 2.94. The molecule has 0 aliphatic carbocycles. The quantitative estimate of drug-likeness (QED) is 0.828. The largest absolute Gasteiger partial charge is 0.477 e. The van der Waals surface area contributed by atoms with Crippen molar-refractivity contribution in [2.24, 2.45) is 5.41 Å². The molecule has 94 valence electrons. The highest BCUT2D eigenvalue weighted by atomic mass is 16.4. The van der Waals surface area contributed by atoms with Gasteiger partial charge in [-0.15, -0.1) is 0 Å². The fourth-order valence-corrected chi connectivity index (χ4v) is 1.67. The molecule has 0 aliphatic heterocycles. The standard InChI is InChI=1S/C12H17NO4/c1-12(2,3)10(7-14)13-5-4-9(15)8(6-13)11(16)17/h4-6,10,14H,7H2,1-3H3,(H,16,17). The summed E-state index contributed by atoms with van der Waals surface area (Å²) in [7, 11) is 0. The van der Waals surface area contributed by atoms with E-state index in [0.717, 1.165) is 0 Å². The molecule has 0 spiro atoms. The van der Waals surface area contributed by atoms with Gasteiger partial charge in [0, 0.05) is 18.5 Å². The summed E-state index contributed by atoms with van der Waals surface area (Å²) in [6.07, 6.45) is 2.78. The van der Waals surface area contributed by atoms with Crippen molar-refractivity contribution in [2.45, 2.75) is 26.8 Å². The molecule has 2 N–H and O–H groups in total. The Bertz CT molecular complexity index is 470. The molecule has 1 unspecified atom stereocenters. The highest BCUT2D eigenvalue weighted by Crippen LogP contribution is 2.29. The first-order valence-electron chi connectivity index (χ1n) is 5.33. The fraction of sp³-hybridized carbons (Fsp3) is 0.500.